The summed E-state index contributed by atoms with van der Waals surface area (Å²) >= 11 is 0. The lowest BCUT2D eigenvalue weighted by molar-refractivity contribution is -0.137. The molecule has 2 aromatic carbocycles. The van der Waals surface area contributed by atoms with Crippen LogP contribution in [-0.4, -0.2) is 33.2 Å². The van der Waals surface area contributed by atoms with Crippen LogP contribution in [0.15, 0.2) is 48.5 Å². The molecule has 10 heteroatoms. The first-order chi connectivity index (χ1) is 13.4. The molecule has 158 valence electrons. The van der Waals surface area contributed by atoms with E-state index in [0.29, 0.717) is 28.4 Å². The lowest BCUT2D eigenvalue weighted by Gasteiger charge is -2.28. The number of hydrogen-bond acceptors (Lipinski definition) is 4. The molecule has 2 rings (SSSR count). The number of halogens is 3. The Morgan fingerprint density at radius 2 is 1.79 bits per heavy atom. The third kappa shape index (κ3) is 5.86. The molecule has 29 heavy (non-hydrogen) atoms. The second-order valence-corrected chi connectivity index (χ2v) is 8.09. The minimum absolute atomic E-state index is 0.253. The molecule has 0 saturated carbocycles. The highest BCUT2D eigenvalue weighted by Gasteiger charge is 2.34. The van der Waals surface area contributed by atoms with E-state index in [2.05, 4.69) is 5.32 Å². The normalized spacial score (nSPS) is 12.9. The fraction of sp³-hybridized carbons (Fsp3) is 0.316. The van der Waals surface area contributed by atoms with Crippen molar-refractivity contribution in [1.29, 1.82) is 0 Å². The summed E-state index contributed by atoms with van der Waals surface area (Å²) in [5.74, 6) is -0.0997. The number of carbonyl (C=O) groups excluding carboxylic acids is 1. The minimum Gasteiger partial charge on any atom is -0.494 e. The number of ether oxygens (including phenoxy) is 1. The summed E-state index contributed by atoms with van der Waals surface area (Å²) in [6.07, 6.45) is -3.82. The van der Waals surface area contributed by atoms with Gasteiger partial charge in [-0.3, -0.25) is 9.10 Å². The third-order valence-electron chi connectivity index (χ3n) is 3.95. The van der Waals surface area contributed by atoms with E-state index in [1.54, 1.807) is 24.3 Å². The van der Waals surface area contributed by atoms with Gasteiger partial charge in [0.05, 0.1) is 24.1 Å². The fourth-order valence-electron chi connectivity index (χ4n) is 2.68. The van der Waals surface area contributed by atoms with Gasteiger partial charge in [0.2, 0.25) is 15.9 Å². The number of carbonyl (C=O) groups is 1. The summed E-state index contributed by atoms with van der Waals surface area (Å²) in [5, 5.41) is 2.56. The van der Waals surface area contributed by atoms with Crippen LogP contribution in [0.4, 0.5) is 24.5 Å². The quantitative estimate of drug-likeness (QED) is 0.723. The third-order valence-corrected chi connectivity index (χ3v) is 5.19. The van der Waals surface area contributed by atoms with Gasteiger partial charge < -0.3 is 10.1 Å². The second-order valence-electron chi connectivity index (χ2n) is 6.23. The number of benzene rings is 2. The van der Waals surface area contributed by atoms with Crippen LogP contribution in [0.25, 0.3) is 0 Å². The molecule has 2 aromatic rings. The molecule has 0 aliphatic heterocycles. The summed E-state index contributed by atoms with van der Waals surface area (Å²) in [6.45, 7) is 3.60. The molecular weight excluding hydrogens is 409 g/mol. The van der Waals surface area contributed by atoms with Crippen LogP contribution >= 0.6 is 0 Å². The maximum Gasteiger partial charge on any atom is 0.416 e. The predicted octanol–water partition coefficient (Wildman–Crippen LogP) is 3.90. The highest BCUT2D eigenvalue weighted by molar-refractivity contribution is 7.92. The molecule has 1 atom stereocenters. The van der Waals surface area contributed by atoms with Gasteiger partial charge in [0.15, 0.2) is 0 Å². The van der Waals surface area contributed by atoms with E-state index in [1.807, 2.05) is 6.92 Å². The van der Waals surface area contributed by atoms with Crippen molar-refractivity contribution in [2.24, 2.45) is 0 Å². The van der Waals surface area contributed by atoms with Crippen molar-refractivity contribution < 1.29 is 31.1 Å². The summed E-state index contributed by atoms with van der Waals surface area (Å²) in [5.41, 5.74) is -0.873. The van der Waals surface area contributed by atoms with E-state index in [4.69, 9.17) is 4.74 Å². The molecule has 0 aliphatic rings. The lowest BCUT2D eigenvalue weighted by Crippen LogP contribution is -2.45. The Bertz CT molecular complexity index is 960. The predicted molar refractivity (Wildman–Crippen MR) is 104 cm³/mol. The number of rotatable bonds is 7. The van der Waals surface area contributed by atoms with E-state index in [1.165, 1.54) is 13.0 Å². The zero-order valence-corrected chi connectivity index (χ0v) is 16.8. The van der Waals surface area contributed by atoms with E-state index in [0.717, 1.165) is 18.4 Å². The molecule has 0 saturated heterocycles. The van der Waals surface area contributed by atoms with Gasteiger partial charge in [-0.1, -0.05) is 6.07 Å². The molecule has 1 N–H and O–H groups in total. The number of hydrogen-bond donors (Lipinski definition) is 1. The zero-order chi connectivity index (χ0) is 21.8. The second kappa shape index (κ2) is 8.73. The molecule has 0 spiro atoms. The largest absolute Gasteiger partial charge is 0.494 e. The van der Waals surface area contributed by atoms with Crippen LogP contribution < -0.4 is 14.4 Å². The van der Waals surface area contributed by atoms with Gasteiger partial charge in [0.25, 0.3) is 0 Å². The van der Waals surface area contributed by atoms with Crippen molar-refractivity contribution in [2.45, 2.75) is 26.1 Å². The van der Waals surface area contributed by atoms with Crippen LogP contribution in [0.5, 0.6) is 5.75 Å². The van der Waals surface area contributed by atoms with Crippen molar-refractivity contribution >= 4 is 27.3 Å². The first-order valence-corrected chi connectivity index (χ1v) is 10.5. The Labute approximate surface area is 167 Å². The topological polar surface area (TPSA) is 75.7 Å². The van der Waals surface area contributed by atoms with E-state index < -0.39 is 33.7 Å². The number of sulfonamides is 1. The van der Waals surface area contributed by atoms with Crippen LogP contribution in [0.1, 0.15) is 19.4 Å². The smallest absolute Gasteiger partial charge is 0.416 e. The summed E-state index contributed by atoms with van der Waals surface area (Å²) in [6, 6.07) is 8.94. The lowest BCUT2D eigenvalue weighted by atomic mass is 10.1. The van der Waals surface area contributed by atoms with Crippen molar-refractivity contribution in [2.75, 3.05) is 22.5 Å². The monoisotopic (exact) mass is 430 g/mol. The fourth-order valence-corrected chi connectivity index (χ4v) is 3.84. The van der Waals surface area contributed by atoms with Crippen molar-refractivity contribution in [3.63, 3.8) is 0 Å². The Hall–Kier alpha value is -2.75. The average molecular weight is 430 g/mol. The maximum absolute atomic E-state index is 13.0. The van der Waals surface area contributed by atoms with E-state index >= 15 is 0 Å². The van der Waals surface area contributed by atoms with Crippen LogP contribution in [-0.2, 0) is 21.0 Å². The first-order valence-electron chi connectivity index (χ1n) is 8.64. The standard InChI is InChI=1S/C19H21F3N2O4S/c1-4-28-17-10-8-15(9-11-17)23-18(25)13(2)24(29(3,26)27)16-7-5-6-14(12-16)19(20,21)22/h5-13H,4H2,1-3H3,(H,23,25)/t13-/m0/s1. The van der Waals surface area contributed by atoms with Gasteiger partial charge in [-0.2, -0.15) is 13.2 Å². The SMILES string of the molecule is CCOc1ccc(NC(=O)[C@H](C)N(c2cccc(C(F)(F)F)c2)S(C)(=O)=O)cc1. The van der Waals surface area contributed by atoms with Gasteiger partial charge in [-0.25, -0.2) is 8.42 Å². The summed E-state index contributed by atoms with van der Waals surface area (Å²) < 4.78 is 69.5. The molecule has 0 unspecified atom stereocenters. The zero-order valence-electron chi connectivity index (χ0n) is 16.0. The molecule has 0 bridgehead atoms. The number of alkyl halides is 3. The van der Waals surface area contributed by atoms with Crippen molar-refractivity contribution in [1.82, 2.24) is 0 Å². The molecule has 0 radical (unpaired) electrons. The van der Waals surface area contributed by atoms with E-state index in [9.17, 15) is 26.4 Å². The van der Waals surface area contributed by atoms with Crippen LogP contribution in [0.3, 0.4) is 0 Å². The number of anilines is 2. The Balaban J connectivity index is 2.30. The average Bonchev–Trinajstić information content (AvgIpc) is 2.62. The van der Waals surface area contributed by atoms with Gasteiger partial charge in [0.1, 0.15) is 11.8 Å². The van der Waals surface area contributed by atoms with Crippen LogP contribution in [0.2, 0.25) is 0 Å². The molecule has 0 aromatic heterocycles. The number of amides is 1. The Morgan fingerprint density at radius 1 is 1.17 bits per heavy atom. The van der Waals surface area contributed by atoms with Gasteiger partial charge in [-0.05, 0) is 56.3 Å². The Morgan fingerprint density at radius 3 is 2.31 bits per heavy atom. The first kappa shape index (κ1) is 22.5. The molecule has 0 aliphatic carbocycles. The summed E-state index contributed by atoms with van der Waals surface area (Å²) in [4.78, 5) is 12.6. The van der Waals surface area contributed by atoms with E-state index in [-0.39, 0.29) is 5.69 Å². The van der Waals surface area contributed by atoms with Gasteiger partial charge in [-0.15, -0.1) is 0 Å². The maximum atomic E-state index is 13.0. The molecular formula is C19H21F3N2O4S. The minimum atomic E-state index is -4.65. The molecule has 0 heterocycles. The highest BCUT2D eigenvalue weighted by atomic mass is 32.2. The van der Waals surface area contributed by atoms with Crippen molar-refractivity contribution in [3.8, 4) is 5.75 Å². The van der Waals surface area contributed by atoms with Crippen LogP contribution in [0, 0.1) is 0 Å². The van der Waals surface area contributed by atoms with Gasteiger partial charge >= 0.3 is 6.18 Å². The molecule has 0 fully saturated rings. The van der Waals surface area contributed by atoms with Crippen molar-refractivity contribution in [3.05, 3.63) is 54.1 Å². The number of nitrogens with zero attached hydrogens (tertiary/aromatic N) is 1. The van der Waals surface area contributed by atoms with Gasteiger partial charge in [0, 0.05) is 5.69 Å². The molecule has 1 amide bonds. The highest BCUT2D eigenvalue weighted by Crippen LogP contribution is 2.33. The summed E-state index contributed by atoms with van der Waals surface area (Å²) in [7, 11) is -4.05. The number of nitrogens with one attached hydrogen (secondary N) is 1. The Kier molecular flexibility index (Phi) is 6.78. The molecule has 6 nitrogen and oxygen atoms in total.